The summed E-state index contributed by atoms with van der Waals surface area (Å²) in [5, 5.41) is 0. The van der Waals surface area contributed by atoms with Gasteiger partial charge in [0, 0.05) is 30.0 Å². The Kier molecular flexibility index (Phi) is 11.6. The Hall–Kier alpha value is -0.910. The van der Waals surface area contributed by atoms with Gasteiger partial charge in [-0.05, 0) is 25.0 Å². The van der Waals surface area contributed by atoms with Crippen LogP contribution < -0.4 is 5.73 Å². The highest BCUT2D eigenvalue weighted by molar-refractivity contribution is 7.76. The number of nitrogens with two attached hydrogens (primary N) is 1. The van der Waals surface area contributed by atoms with E-state index in [9.17, 15) is 8.76 Å². The minimum Gasteiger partial charge on any atom is -0.760 e. The van der Waals surface area contributed by atoms with Crippen LogP contribution in [0.2, 0.25) is 0 Å². The normalized spacial score (nSPS) is 11.8. The zero-order valence-electron chi connectivity index (χ0n) is 11.9. The summed E-state index contributed by atoms with van der Waals surface area (Å²) in [6.45, 7) is 5.47. The minimum atomic E-state index is -2.02. The number of nitrogens with zero attached hydrogens (tertiary/aromatic N) is 1. The van der Waals surface area contributed by atoms with Crippen molar-refractivity contribution in [3.05, 3.63) is 30.3 Å². The maximum absolute atomic E-state index is 10.6. The Morgan fingerprint density at radius 2 is 1.58 bits per heavy atom. The van der Waals surface area contributed by atoms with Crippen molar-refractivity contribution in [1.29, 1.82) is 0 Å². The van der Waals surface area contributed by atoms with Gasteiger partial charge in [0.25, 0.3) is 0 Å². The fourth-order valence-corrected chi connectivity index (χ4v) is 1.94. The van der Waals surface area contributed by atoms with Gasteiger partial charge in [0.1, 0.15) is 0 Å². The molecule has 1 aromatic rings. The highest BCUT2D eigenvalue weighted by Crippen LogP contribution is 2.00. The largest absolute Gasteiger partial charge is 0.760 e. The molecule has 0 saturated heterocycles. The van der Waals surface area contributed by atoms with Gasteiger partial charge < -0.3 is 10.3 Å². The molecule has 0 aliphatic carbocycles. The summed E-state index contributed by atoms with van der Waals surface area (Å²) >= 11 is -2.02. The predicted molar refractivity (Wildman–Crippen MR) is 81.2 cm³/mol. The predicted octanol–water partition coefficient (Wildman–Crippen LogP) is 2.95. The number of anilines is 1. The third-order valence-corrected chi connectivity index (χ3v) is 3.32. The van der Waals surface area contributed by atoms with Crippen molar-refractivity contribution in [2.45, 2.75) is 39.5 Å². The Labute approximate surface area is 119 Å². The van der Waals surface area contributed by atoms with Crippen molar-refractivity contribution < 1.29 is 8.76 Å². The number of benzene rings is 1. The van der Waals surface area contributed by atoms with E-state index in [1.807, 2.05) is 30.3 Å². The lowest BCUT2D eigenvalue weighted by Crippen LogP contribution is -2.27. The second kappa shape index (κ2) is 12.1. The fraction of sp³-hybridized carbons (Fsp3) is 0.571. The molecule has 1 atom stereocenters. The van der Waals surface area contributed by atoms with Gasteiger partial charge in [0.15, 0.2) is 0 Å². The van der Waals surface area contributed by atoms with Gasteiger partial charge >= 0.3 is 0 Å². The highest BCUT2D eigenvalue weighted by atomic mass is 32.2. The summed E-state index contributed by atoms with van der Waals surface area (Å²) in [5.74, 6) is 0. The van der Waals surface area contributed by atoms with Crippen LogP contribution in [-0.2, 0) is 11.3 Å². The smallest absolute Gasteiger partial charge is 0.0313 e. The second-order valence-corrected chi connectivity index (χ2v) is 5.21. The number of para-hydroxylation sites is 1. The fourth-order valence-electron chi connectivity index (χ4n) is 1.38. The van der Waals surface area contributed by atoms with Crippen molar-refractivity contribution in [2.24, 2.45) is 0 Å². The van der Waals surface area contributed by atoms with E-state index in [-0.39, 0.29) is 0 Å². The molecule has 0 aliphatic rings. The van der Waals surface area contributed by atoms with Gasteiger partial charge in [0.05, 0.1) is 0 Å². The monoisotopic (exact) mass is 285 g/mol. The molecule has 110 valence electrons. The molecule has 0 fully saturated rings. The highest BCUT2D eigenvalue weighted by Gasteiger charge is 2.02. The molecule has 1 rings (SSSR count). The average molecular weight is 285 g/mol. The first-order chi connectivity index (χ1) is 9.11. The maximum atomic E-state index is 10.6. The standard InChI is InChI=1S/C8H19NO2S.C6H7N/c1-3-5-7-9(12(10)11)8-6-4-2;7-6-4-2-1-3-5-6/h3-8H2,1-2H3,(H,10,11);1-5H,7H2/p-1. The molecule has 0 aliphatic heterocycles. The minimum absolute atomic E-state index is 0.673. The van der Waals surface area contributed by atoms with Gasteiger partial charge in [-0.3, -0.25) is 4.21 Å². The van der Waals surface area contributed by atoms with Crippen LogP contribution in [0, 0.1) is 0 Å². The number of rotatable bonds is 7. The molecule has 0 amide bonds. The summed E-state index contributed by atoms with van der Waals surface area (Å²) in [7, 11) is 0. The second-order valence-electron chi connectivity index (χ2n) is 4.26. The van der Waals surface area contributed by atoms with Gasteiger partial charge in [-0.15, -0.1) is 0 Å². The Bertz CT molecular complexity index is 325. The van der Waals surface area contributed by atoms with Gasteiger partial charge in [-0.2, -0.15) is 0 Å². The van der Waals surface area contributed by atoms with E-state index in [2.05, 4.69) is 13.8 Å². The zero-order chi connectivity index (χ0) is 14.5. The summed E-state index contributed by atoms with van der Waals surface area (Å²) in [6, 6.07) is 9.49. The molecule has 4 nitrogen and oxygen atoms in total. The molecule has 0 spiro atoms. The van der Waals surface area contributed by atoms with Crippen LogP contribution in [0.4, 0.5) is 5.69 Å². The van der Waals surface area contributed by atoms with Gasteiger partial charge in [-0.1, -0.05) is 44.9 Å². The van der Waals surface area contributed by atoms with Crippen molar-refractivity contribution >= 4 is 17.0 Å². The Morgan fingerprint density at radius 3 is 1.84 bits per heavy atom. The lowest BCUT2D eigenvalue weighted by atomic mass is 10.3. The SMILES string of the molecule is CCCCN(CCCC)S(=O)[O-].Nc1ccccc1. The molecule has 0 heterocycles. The van der Waals surface area contributed by atoms with E-state index in [0.717, 1.165) is 31.4 Å². The van der Waals surface area contributed by atoms with Crippen molar-refractivity contribution in [3.63, 3.8) is 0 Å². The van der Waals surface area contributed by atoms with E-state index in [4.69, 9.17) is 5.73 Å². The number of hydrogen-bond donors (Lipinski definition) is 1. The summed E-state index contributed by atoms with van der Waals surface area (Å²) < 4.78 is 22.8. The van der Waals surface area contributed by atoms with Crippen LogP contribution in [0.15, 0.2) is 30.3 Å². The lowest BCUT2D eigenvalue weighted by Gasteiger charge is -2.23. The molecule has 0 bridgehead atoms. The first-order valence-electron chi connectivity index (χ1n) is 6.76. The van der Waals surface area contributed by atoms with Crippen molar-refractivity contribution in [1.82, 2.24) is 4.31 Å². The van der Waals surface area contributed by atoms with E-state index in [1.54, 1.807) is 0 Å². The van der Waals surface area contributed by atoms with Crippen molar-refractivity contribution in [3.8, 4) is 0 Å². The maximum Gasteiger partial charge on any atom is 0.0313 e. The molecule has 1 unspecified atom stereocenters. The van der Waals surface area contributed by atoms with Crippen LogP contribution in [0.3, 0.4) is 0 Å². The Balaban J connectivity index is 0.000000388. The molecule has 0 radical (unpaired) electrons. The molecule has 1 aromatic carbocycles. The van der Waals surface area contributed by atoms with Gasteiger partial charge in [0.2, 0.25) is 0 Å². The van der Waals surface area contributed by atoms with E-state index in [1.165, 1.54) is 4.31 Å². The van der Waals surface area contributed by atoms with Crippen LogP contribution in [-0.4, -0.2) is 26.2 Å². The number of nitrogen functional groups attached to an aromatic ring is 1. The average Bonchev–Trinajstić information content (AvgIpc) is 2.40. The van der Waals surface area contributed by atoms with Crippen molar-refractivity contribution in [2.75, 3.05) is 18.8 Å². The summed E-state index contributed by atoms with van der Waals surface area (Å²) in [5.41, 5.74) is 6.18. The molecule has 19 heavy (non-hydrogen) atoms. The lowest BCUT2D eigenvalue weighted by molar-refractivity contribution is 0.375. The number of unbranched alkanes of at least 4 members (excludes halogenated alkanes) is 2. The van der Waals surface area contributed by atoms with E-state index >= 15 is 0 Å². The van der Waals surface area contributed by atoms with Crippen LogP contribution in [0.1, 0.15) is 39.5 Å². The third-order valence-electron chi connectivity index (χ3n) is 2.53. The zero-order valence-corrected chi connectivity index (χ0v) is 12.7. The van der Waals surface area contributed by atoms with Gasteiger partial charge in [-0.25, -0.2) is 4.31 Å². The number of hydrogen-bond acceptors (Lipinski definition) is 3. The molecule has 2 N–H and O–H groups in total. The molecule has 5 heteroatoms. The quantitative estimate of drug-likeness (QED) is 0.618. The molecule has 0 aromatic heterocycles. The molecular formula is C14H25N2O2S-. The molecule has 0 saturated carbocycles. The summed E-state index contributed by atoms with van der Waals surface area (Å²) in [6.07, 6.45) is 4.00. The van der Waals surface area contributed by atoms with E-state index < -0.39 is 11.3 Å². The first kappa shape index (κ1) is 18.1. The third kappa shape index (κ3) is 10.7. The Morgan fingerprint density at radius 1 is 1.11 bits per heavy atom. The van der Waals surface area contributed by atoms with Crippen LogP contribution in [0.25, 0.3) is 0 Å². The van der Waals surface area contributed by atoms with E-state index in [0.29, 0.717) is 13.1 Å². The topological polar surface area (TPSA) is 69.4 Å². The molecular weight excluding hydrogens is 260 g/mol. The summed E-state index contributed by atoms with van der Waals surface area (Å²) in [4.78, 5) is 0. The van der Waals surface area contributed by atoms with Crippen LogP contribution >= 0.6 is 0 Å². The van der Waals surface area contributed by atoms with Crippen LogP contribution in [0.5, 0.6) is 0 Å². The first-order valence-corrected chi connectivity index (χ1v) is 7.79.